The van der Waals surface area contributed by atoms with Gasteiger partial charge in [-0.1, -0.05) is 12.1 Å². The summed E-state index contributed by atoms with van der Waals surface area (Å²) in [4.78, 5) is 4.63. The van der Waals surface area contributed by atoms with Gasteiger partial charge < -0.3 is 10.2 Å². The summed E-state index contributed by atoms with van der Waals surface area (Å²) in [5.41, 5.74) is 0.675. The lowest BCUT2D eigenvalue weighted by Gasteiger charge is -2.22. The van der Waals surface area contributed by atoms with Crippen LogP contribution in [0.15, 0.2) is 36.4 Å². The molecule has 4 heteroatoms. The molecule has 0 aliphatic heterocycles. The summed E-state index contributed by atoms with van der Waals surface area (Å²) in [6, 6.07) is 11.2. The molecule has 1 aromatic heterocycles. The van der Waals surface area contributed by atoms with Gasteiger partial charge in [0.05, 0.1) is 12.2 Å². The molecule has 0 bridgehead atoms. The molecule has 2 rings (SSSR count). The van der Waals surface area contributed by atoms with E-state index in [4.69, 9.17) is 0 Å². The van der Waals surface area contributed by atoms with Crippen LogP contribution in [0.1, 0.15) is 16.7 Å². The highest BCUT2D eigenvalue weighted by atomic mass is 32.1. The Labute approximate surface area is 117 Å². The van der Waals surface area contributed by atoms with Crippen molar-refractivity contribution < 1.29 is 4.39 Å². The van der Waals surface area contributed by atoms with Gasteiger partial charge in [-0.15, -0.1) is 11.3 Å². The quantitative estimate of drug-likeness (QED) is 0.868. The van der Waals surface area contributed by atoms with E-state index in [9.17, 15) is 4.39 Å². The van der Waals surface area contributed by atoms with Crippen LogP contribution in [0.2, 0.25) is 0 Å². The minimum absolute atomic E-state index is 0.156. The first-order valence-electron chi connectivity index (χ1n) is 6.46. The van der Waals surface area contributed by atoms with Gasteiger partial charge in [0.15, 0.2) is 0 Å². The molecule has 0 spiro atoms. The molecule has 1 aromatic carbocycles. The second kappa shape index (κ2) is 6.68. The van der Waals surface area contributed by atoms with Crippen LogP contribution in [0.4, 0.5) is 10.1 Å². The number of thiophene rings is 1. The van der Waals surface area contributed by atoms with E-state index in [1.165, 1.54) is 15.8 Å². The molecule has 0 aliphatic rings. The molecule has 2 nitrogen and oxygen atoms in total. The summed E-state index contributed by atoms with van der Waals surface area (Å²) >= 11 is 1.78. The highest BCUT2D eigenvalue weighted by Gasteiger charge is 2.11. The van der Waals surface area contributed by atoms with Crippen LogP contribution in [0.3, 0.4) is 0 Å². The lowest BCUT2D eigenvalue weighted by Crippen LogP contribution is -2.22. The van der Waals surface area contributed by atoms with Crippen LogP contribution in [-0.2, 0) is 13.1 Å². The zero-order valence-electron chi connectivity index (χ0n) is 11.3. The zero-order chi connectivity index (χ0) is 13.7. The van der Waals surface area contributed by atoms with E-state index in [1.807, 2.05) is 19.2 Å². The molecule has 0 unspecified atom stereocenters. The highest BCUT2D eigenvalue weighted by molar-refractivity contribution is 7.12. The first kappa shape index (κ1) is 14.0. The number of nitrogens with one attached hydrogen (secondary N) is 1. The van der Waals surface area contributed by atoms with Gasteiger partial charge in [-0.25, -0.2) is 4.39 Å². The number of nitrogens with zero attached hydrogens (tertiary/aromatic N) is 1. The number of halogens is 1. The Bertz CT molecular complexity index is 524. The van der Waals surface area contributed by atoms with Gasteiger partial charge in [-0.3, -0.25) is 0 Å². The van der Waals surface area contributed by atoms with Crippen molar-refractivity contribution in [3.8, 4) is 0 Å². The Hall–Kier alpha value is -1.39. The van der Waals surface area contributed by atoms with Crippen molar-refractivity contribution in [2.75, 3.05) is 18.5 Å². The Balaban J connectivity index is 2.12. The third kappa shape index (κ3) is 3.55. The fraction of sp³-hybridized carbons (Fsp3) is 0.333. The molecule has 1 heterocycles. The summed E-state index contributed by atoms with van der Waals surface area (Å²) in [6.45, 7) is 4.48. The van der Waals surface area contributed by atoms with Crippen molar-refractivity contribution in [2.45, 2.75) is 20.0 Å². The number of para-hydroxylation sites is 1. The Morgan fingerprint density at radius 3 is 2.58 bits per heavy atom. The van der Waals surface area contributed by atoms with E-state index in [0.29, 0.717) is 5.69 Å². The molecule has 102 valence electrons. The number of hydrogen-bond donors (Lipinski definition) is 1. The topological polar surface area (TPSA) is 15.3 Å². The Morgan fingerprint density at radius 1 is 1.16 bits per heavy atom. The normalized spacial score (nSPS) is 10.7. The van der Waals surface area contributed by atoms with E-state index in [0.717, 1.165) is 19.6 Å². The molecule has 0 fully saturated rings. The molecule has 0 saturated carbocycles. The SMILES string of the molecule is CCN(Cc1ccc(CNC)s1)c1ccccc1F. The van der Waals surface area contributed by atoms with Crippen molar-refractivity contribution in [3.63, 3.8) is 0 Å². The van der Waals surface area contributed by atoms with Gasteiger partial charge in [0.25, 0.3) is 0 Å². The van der Waals surface area contributed by atoms with Crippen molar-refractivity contribution in [2.24, 2.45) is 0 Å². The summed E-state index contributed by atoms with van der Waals surface area (Å²) in [7, 11) is 1.94. The first-order valence-corrected chi connectivity index (χ1v) is 7.28. The van der Waals surface area contributed by atoms with Crippen LogP contribution in [-0.4, -0.2) is 13.6 Å². The van der Waals surface area contributed by atoms with Crippen molar-refractivity contribution >= 4 is 17.0 Å². The second-order valence-corrected chi connectivity index (χ2v) is 5.62. The molecule has 19 heavy (non-hydrogen) atoms. The third-order valence-electron chi connectivity index (χ3n) is 2.99. The van der Waals surface area contributed by atoms with E-state index in [2.05, 4.69) is 29.3 Å². The molecule has 2 aromatic rings. The van der Waals surface area contributed by atoms with E-state index < -0.39 is 0 Å². The monoisotopic (exact) mass is 278 g/mol. The standard InChI is InChI=1S/C15H19FN2S/c1-3-18(15-7-5-4-6-14(15)16)11-13-9-8-12(19-13)10-17-2/h4-9,17H,3,10-11H2,1-2H3. The molecule has 0 atom stereocenters. The zero-order valence-corrected chi connectivity index (χ0v) is 12.1. The molecule has 0 radical (unpaired) electrons. The van der Waals surface area contributed by atoms with Gasteiger partial charge in [-0.2, -0.15) is 0 Å². The third-order valence-corrected chi connectivity index (χ3v) is 4.06. The fourth-order valence-electron chi connectivity index (χ4n) is 2.04. The Morgan fingerprint density at radius 2 is 1.89 bits per heavy atom. The maximum Gasteiger partial charge on any atom is 0.146 e. The van der Waals surface area contributed by atoms with Gasteiger partial charge >= 0.3 is 0 Å². The Kier molecular flexibility index (Phi) is 4.93. The number of anilines is 1. The maximum absolute atomic E-state index is 13.8. The lowest BCUT2D eigenvalue weighted by atomic mass is 10.2. The lowest BCUT2D eigenvalue weighted by molar-refractivity contribution is 0.618. The van der Waals surface area contributed by atoms with Crippen LogP contribution >= 0.6 is 11.3 Å². The smallest absolute Gasteiger partial charge is 0.146 e. The average Bonchev–Trinajstić information content (AvgIpc) is 2.85. The van der Waals surface area contributed by atoms with Crippen molar-refractivity contribution in [1.29, 1.82) is 0 Å². The van der Waals surface area contributed by atoms with Crippen LogP contribution < -0.4 is 10.2 Å². The molecular formula is C15H19FN2S. The molecular weight excluding hydrogens is 259 g/mol. The second-order valence-electron chi connectivity index (χ2n) is 4.36. The van der Waals surface area contributed by atoms with Crippen LogP contribution in [0.25, 0.3) is 0 Å². The molecule has 0 saturated heterocycles. The van der Waals surface area contributed by atoms with E-state index >= 15 is 0 Å². The van der Waals surface area contributed by atoms with E-state index in [-0.39, 0.29) is 5.82 Å². The number of hydrogen-bond acceptors (Lipinski definition) is 3. The van der Waals surface area contributed by atoms with Gasteiger partial charge in [0.2, 0.25) is 0 Å². The first-order chi connectivity index (χ1) is 9.24. The summed E-state index contributed by atoms with van der Waals surface area (Å²) in [5, 5.41) is 3.14. The molecule has 0 amide bonds. The predicted molar refractivity (Wildman–Crippen MR) is 80.2 cm³/mol. The fourth-order valence-corrected chi connectivity index (χ4v) is 3.09. The summed E-state index contributed by atoms with van der Waals surface area (Å²) in [5.74, 6) is -0.156. The van der Waals surface area contributed by atoms with Gasteiger partial charge in [0, 0.05) is 22.8 Å². The molecule has 1 N–H and O–H groups in total. The number of benzene rings is 1. The van der Waals surface area contributed by atoms with Gasteiger partial charge in [-0.05, 0) is 38.2 Å². The highest BCUT2D eigenvalue weighted by Crippen LogP contribution is 2.24. The summed E-state index contributed by atoms with van der Waals surface area (Å²) < 4.78 is 13.8. The van der Waals surface area contributed by atoms with Crippen LogP contribution in [0.5, 0.6) is 0 Å². The van der Waals surface area contributed by atoms with Crippen molar-refractivity contribution in [3.05, 3.63) is 52.0 Å². The maximum atomic E-state index is 13.8. The predicted octanol–water partition coefficient (Wildman–Crippen LogP) is 3.63. The van der Waals surface area contributed by atoms with E-state index in [1.54, 1.807) is 17.4 Å². The summed E-state index contributed by atoms with van der Waals surface area (Å²) in [6.07, 6.45) is 0. The molecule has 0 aliphatic carbocycles. The minimum Gasteiger partial charge on any atom is -0.364 e. The number of rotatable bonds is 6. The van der Waals surface area contributed by atoms with Gasteiger partial charge in [0.1, 0.15) is 5.82 Å². The van der Waals surface area contributed by atoms with Crippen molar-refractivity contribution in [1.82, 2.24) is 5.32 Å². The largest absolute Gasteiger partial charge is 0.364 e. The van der Waals surface area contributed by atoms with Crippen LogP contribution in [0, 0.1) is 5.82 Å². The minimum atomic E-state index is -0.156. The average molecular weight is 278 g/mol.